The van der Waals surface area contributed by atoms with Gasteiger partial charge >= 0.3 is 12.1 Å². The minimum absolute atomic E-state index is 0.0201. The summed E-state index contributed by atoms with van der Waals surface area (Å²) in [5.74, 6) is -2.66. The number of halogens is 2. The first kappa shape index (κ1) is 28.3. The van der Waals surface area contributed by atoms with Crippen LogP contribution in [0.2, 0.25) is 5.15 Å². The van der Waals surface area contributed by atoms with Crippen molar-refractivity contribution in [1.82, 2.24) is 9.88 Å². The number of aromatic nitrogens is 1. The topological polar surface area (TPSA) is 111 Å². The second-order valence-electron chi connectivity index (χ2n) is 12.3. The van der Waals surface area contributed by atoms with Crippen molar-refractivity contribution in [3.63, 3.8) is 0 Å². The molecule has 192 valence electrons. The Kier molecular flexibility index (Phi) is 7.18. The first-order chi connectivity index (χ1) is 15.1. The molecule has 1 aromatic rings. The normalized spacial score (nSPS) is 26.5. The lowest BCUT2D eigenvalue weighted by Crippen LogP contribution is -2.72. The van der Waals surface area contributed by atoms with Gasteiger partial charge in [0.1, 0.15) is 5.15 Å². The van der Waals surface area contributed by atoms with Gasteiger partial charge in [0.15, 0.2) is 5.82 Å². The smallest absolute Gasteiger partial charge is 0.407 e. The van der Waals surface area contributed by atoms with E-state index in [0.29, 0.717) is 0 Å². The van der Waals surface area contributed by atoms with Crippen LogP contribution in [-0.4, -0.2) is 49.3 Å². The number of piperidine rings is 1. The zero-order valence-electron chi connectivity index (χ0n) is 21.6. The Hall–Kier alpha value is -1.93. The standard InChI is InChI=1S/C25H38ClFN2O5/c1-21(2,3)18-24(9,22(4,5)6)29(20(32)33)11-10-25(18,19(30)31)13-15-17(27)14(23(7,8)34)12-16(26)28-15/h12,18,34H,10-11,13H2,1-9H3,(H,30,31)(H,32,33)/t18?,24-,25-/m1/s1. The van der Waals surface area contributed by atoms with Gasteiger partial charge in [-0.15, -0.1) is 0 Å². The molecule has 1 fully saturated rings. The predicted octanol–water partition coefficient (Wildman–Crippen LogP) is 5.57. The Labute approximate surface area is 206 Å². The number of aliphatic hydroxyl groups is 1. The summed E-state index contributed by atoms with van der Waals surface area (Å²) in [6.45, 7) is 15.9. The van der Waals surface area contributed by atoms with Gasteiger partial charge in [-0.2, -0.15) is 0 Å². The van der Waals surface area contributed by atoms with Crippen LogP contribution in [0.5, 0.6) is 0 Å². The van der Waals surface area contributed by atoms with Crippen molar-refractivity contribution >= 4 is 23.7 Å². The molecule has 2 rings (SSSR count). The maximum absolute atomic E-state index is 15.6. The number of likely N-dealkylation sites (tertiary alicyclic amines) is 1. The van der Waals surface area contributed by atoms with Crippen LogP contribution in [0.25, 0.3) is 0 Å². The maximum atomic E-state index is 15.6. The third kappa shape index (κ3) is 4.63. The monoisotopic (exact) mass is 500 g/mol. The molecule has 3 atom stereocenters. The third-order valence-corrected chi connectivity index (χ3v) is 7.83. The molecule has 9 heteroatoms. The number of amides is 1. The highest BCUT2D eigenvalue weighted by atomic mass is 35.5. The molecule has 1 aromatic heterocycles. The number of nitrogens with zero attached hydrogens (tertiary/aromatic N) is 2. The summed E-state index contributed by atoms with van der Waals surface area (Å²) < 4.78 is 15.6. The van der Waals surface area contributed by atoms with Crippen LogP contribution in [0.4, 0.5) is 9.18 Å². The highest BCUT2D eigenvalue weighted by molar-refractivity contribution is 6.29. The van der Waals surface area contributed by atoms with E-state index in [0.717, 1.165) is 0 Å². The number of aliphatic carboxylic acids is 1. The Morgan fingerprint density at radius 2 is 1.71 bits per heavy atom. The molecule has 1 saturated heterocycles. The van der Waals surface area contributed by atoms with E-state index >= 15 is 4.39 Å². The van der Waals surface area contributed by atoms with E-state index in [1.165, 1.54) is 24.8 Å². The second-order valence-corrected chi connectivity index (χ2v) is 12.7. The fourth-order valence-corrected chi connectivity index (χ4v) is 6.30. The summed E-state index contributed by atoms with van der Waals surface area (Å²) >= 11 is 6.17. The molecule has 0 aliphatic carbocycles. The number of hydrogen-bond acceptors (Lipinski definition) is 4. The van der Waals surface area contributed by atoms with Gasteiger partial charge in [0, 0.05) is 24.4 Å². The second kappa shape index (κ2) is 8.63. The van der Waals surface area contributed by atoms with Crippen LogP contribution in [0, 0.1) is 28.0 Å². The minimum Gasteiger partial charge on any atom is -0.481 e. The van der Waals surface area contributed by atoms with E-state index in [1.54, 1.807) is 6.92 Å². The Morgan fingerprint density at radius 3 is 2.09 bits per heavy atom. The van der Waals surface area contributed by atoms with Crippen LogP contribution in [0.15, 0.2) is 6.07 Å². The van der Waals surface area contributed by atoms with Crippen molar-refractivity contribution < 1.29 is 29.3 Å². The van der Waals surface area contributed by atoms with Crippen LogP contribution >= 0.6 is 11.6 Å². The number of pyridine rings is 1. The number of carboxylic acids is 1. The molecule has 0 bridgehead atoms. The zero-order chi connectivity index (χ0) is 26.7. The van der Waals surface area contributed by atoms with E-state index in [-0.39, 0.29) is 35.8 Å². The van der Waals surface area contributed by atoms with Crippen molar-refractivity contribution in [2.45, 2.75) is 86.3 Å². The SMILES string of the molecule is CC(C)(O)c1cc(Cl)nc(C[C@]2(C(=O)O)CCN(C(=O)O)[C@@](C)(C(C)(C)C)C2C(C)(C)C)c1F. The molecule has 0 saturated carbocycles. The Bertz CT molecular complexity index is 979. The van der Waals surface area contributed by atoms with E-state index in [9.17, 15) is 24.9 Å². The highest BCUT2D eigenvalue weighted by Crippen LogP contribution is 2.60. The minimum atomic E-state index is -1.56. The number of rotatable bonds is 4. The average Bonchev–Trinajstić information content (AvgIpc) is 2.60. The van der Waals surface area contributed by atoms with Crippen molar-refractivity contribution in [2.75, 3.05) is 6.54 Å². The number of carbonyl (C=O) groups is 2. The lowest BCUT2D eigenvalue weighted by Gasteiger charge is -2.64. The van der Waals surface area contributed by atoms with Gasteiger partial charge in [0.2, 0.25) is 0 Å². The van der Waals surface area contributed by atoms with Crippen molar-refractivity contribution in [3.05, 3.63) is 28.3 Å². The first-order valence-electron chi connectivity index (χ1n) is 11.4. The van der Waals surface area contributed by atoms with Gasteiger partial charge in [-0.3, -0.25) is 4.79 Å². The van der Waals surface area contributed by atoms with Gasteiger partial charge in [0.05, 0.1) is 22.2 Å². The van der Waals surface area contributed by atoms with Crippen LogP contribution in [0.3, 0.4) is 0 Å². The van der Waals surface area contributed by atoms with E-state index in [1.807, 2.05) is 41.5 Å². The third-order valence-electron chi connectivity index (χ3n) is 7.64. The van der Waals surface area contributed by atoms with Gasteiger partial charge in [0.25, 0.3) is 0 Å². The van der Waals surface area contributed by atoms with Crippen molar-refractivity contribution in [1.29, 1.82) is 0 Å². The summed E-state index contributed by atoms with van der Waals surface area (Å²) in [7, 11) is 0. The molecule has 1 aliphatic rings. The molecule has 1 amide bonds. The van der Waals surface area contributed by atoms with Crippen LogP contribution in [0.1, 0.15) is 80.0 Å². The van der Waals surface area contributed by atoms with Crippen molar-refractivity contribution in [3.8, 4) is 0 Å². The molecule has 1 aliphatic heterocycles. The van der Waals surface area contributed by atoms with Gasteiger partial charge in [-0.1, -0.05) is 53.1 Å². The zero-order valence-corrected chi connectivity index (χ0v) is 22.3. The van der Waals surface area contributed by atoms with Gasteiger partial charge < -0.3 is 20.2 Å². The average molecular weight is 501 g/mol. The quantitative estimate of drug-likeness (QED) is 0.466. The number of carboxylic acid groups (broad SMARTS) is 2. The van der Waals surface area contributed by atoms with E-state index < -0.39 is 51.2 Å². The Morgan fingerprint density at radius 1 is 1.18 bits per heavy atom. The molecule has 1 unspecified atom stereocenters. The lowest BCUT2D eigenvalue weighted by molar-refractivity contribution is -0.188. The summed E-state index contributed by atoms with van der Waals surface area (Å²) in [6, 6.07) is 1.24. The maximum Gasteiger partial charge on any atom is 0.407 e. The fourth-order valence-electron chi connectivity index (χ4n) is 6.09. The largest absolute Gasteiger partial charge is 0.481 e. The molecule has 7 nitrogen and oxygen atoms in total. The van der Waals surface area contributed by atoms with Gasteiger partial charge in [-0.05, 0) is 44.1 Å². The molecule has 0 spiro atoms. The molecule has 0 aromatic carbocycles. The summed E-state index contributed by atoms with van der Waals surface area (Å²) in [5, 5.41) is 31.2. The fraction of sp³-hybridized carbons (Fsp3) is 0.720. The van der Waals surface area contributed by atoms with E-state index in [2.05, 4.69) is 4.98 Å². The first-order valence-corrected chi connectivity index (χ1v) is 11.8. The number of hydrogen-bond donors (Lipinski definition) is 3. The van der Waals surface area contributed by atoms with Crippen molar-refractivity contribution in [2.24, 2.45) is 22.2 Å². The summed E-state index contributed by atoms with van der Waals surface area (Å²) in [4.78, 5) is 30.9. The predicted molar refractivity (Wildman–Crippen MR) is 128 cm³/mol. The molecular formula is C25H38ClFN2O5. The van der Waals surface area contributed by atoms with Gasteiger partial charge in [-0.25, -0.2) is 14.2 Å². The van der Waals surface area contributed by atoms with Crippen LogP contribution in [-0.2, 0) is 16.8 Å². The van der Waals surface area contributed by atoms with E-state index in [4.69, 9.17) is 11.6 Å². The summed E-state index contributed by atoms with van der Waals surface area (Å²) in [6.07, 6.45) is -1.44. The Balaban J connectivity index is 2.89. The highest BCUT2D eigenvalue weighted by Gasteiger charge is 2.66. The molecule has 2 heterocycles. The molecule has 34 heavy (non-hydrogen) atoms. The molecule has 3 N–H and O–H groups in total. The van der Waals surface area contributed by atoms with Crippen LogP contribution < -0.4 is 0 Å². The molecule has 0 radical (unpaired) electrons. The lowest BCUT2D eigenvalue weighted by atomic mass is 9.47. The summed E-state index contributed by atoms with van der Waals surface area (Å²) in [5.41, 5.74) is -5.76. The molecular weight excluding hydrogens is 463 g/mol.